The Labute approximate surface area is 172 Å². The fourth-order valence-electron chi connectivity index (χ4n) is 2.82. The van der Waals surface area contributed by atoms with Gasteiger partial charge >= 0.3 is 0 Å². The van der Waals surface area contributed by atoms with Crippen LogP contribution in [0.1, 0.15) is 0 Å². The lowest BCUT2D eigenvalue weighted by molar-refractivity contribution is 0.366. The van der Waals surface area contributed by atoms with Gasteiger partial charge in [0, 0.05) is 23.4 Å². The normalized spacial score (nSPS) is 11.2. The first-order chi connectivity index (χ1) is 13.6. The highest BCUT2D eigenvalue weighted by Gasteiger charge is 2.11. The molecule has 0 atom stereocenters. The van der Waals surface area contributed by atoms with Crippen molar-refractivity contribution in [2.45, 2.75) is 0 Å². The van der Waals surface area contributed by atoms with Crippen LogP contribution < -0.4 is 15.7 Å². The molecule has 0 bridgehead atoms. The maximum absolute atomic E-state index is 8.63. The van der Waals surface area contributed by atoms with E-state index in [4.69, 9.17) is 28.2 Å². The molecule has 150 valence electrons. The minimum atomic E-state index is -4.92. The Kier molecular flexibility index (Phi) is 5.94. The van der Waals surface area contributed by atoms with E-state index in [0.717, 1.165) is 32.7 Å². The van der Waals surface area contributed by atoms with Crippen LogP contribution in [0.5, 0.6) is 0 Å². The van der Waals surface area contributed by atoms with Crippen LogP contribution >= 0.6 is 11.3 Å². The van der Waals surface area contributed by atoms with Crippen LogP contribution in [-0.2, 0) is 10.4 Å². The largest absolute Gasteiger partial charge is 0.726 e. The number of aromatic nitrogens is 1. The molecule has 2 aliphatic rings. The lowest BCUT2D eigenvalue weighted by atomic mass is 10.0. The van der Waals surface area contributed by atoms with E-state index in [2.05, 4.69) is 41.0 Å². The molecule has 1 aliphatic heterocycles. The van der Waals surface area contributed by atoms with Crippen molar-refractivity contribution in [1.82, 2.24) is 9.56 Å². The number of anilines is 1. The number of nitrogens with two attached hydrogens (primary N) is 1. The highest BCUT2D eigenvalue weighted by molar-refractivity contribution is 7.79. The number of nitrogen functional groups attached to an aromatic ring is 1. The summed E-state index contributed by atoms with van der Waals surface area (Å²) in [5, 5.41) is 1.17. The van der Waals surface area contributed by atoms with Crippen molar-refractivity contribution in [2.75, 3.05) is 19.8 Å². The SMILES string of the molecule is C[N+](C)=c1ccc2nc3cc(-c4ccccc4)c(N)cc3sc-2c1.O=S(=O)([O-])O. The summed E-state index contributed by atoms with van der Waals surface area (Å²) in [6, 6.07) is 20.7. The van der Waals surface area contributed by atoms with E-state index in [1.807, 2.05) is 38.4 Å². The molecule has 0 saturated heterocycles. The van der Waals surface area contributed by atoms with Crippen molar-refractivity contribution in [3.8, 4) is 21.7 Å². The first-order valence-electron chi connectivity index (χ1n) is 8.50. The number of benzene rings is 3. The molecular weight excluding hydrogens is 410 g/mol. The van der Waals surface area contributed by atoms with E-state index < -0.39 is 10.4 Å². The van der Waals surface area contributed by atoms with Crippen molar-refractivity contribution >= 4 is 37.6 Å². The van der Waals surface area contributed by atoms with Crippen molar-refractivity contribution in [3.63, 3.8) is 0 Å². The number of hydrogen-bond acceptors (Lipinski definition) is 6. The van der Waals surface area contributed by atoms with E-state index in [1.165, 1.54) is 10.2 Å². The monoisotopic (exact) mass is 429 g/mol. The second-order valence-corrected chi connectivity index (χ2v) is 8.40. The van der Waals surface area contributed by atoms with Gasteiger partial charge in [-0.2, -0.15) is 0 Å². The zero-order valence-corrected chi connectivity index (χ0v) is 17.4. The third-order valence-corrected chi connectivity index (χ3v) is 5.23. The zero-order chi connectivity index (χ0) is 21.2. The third kappa shape index (κ3) is 5.36. The van der Waals surface area contributed by atoms with Gasteiger partial charge in [-0.1, -0.05) is 30.3 Å². The van der Waals surface area contributed by atoms with E-state index in [1.54, 1.807) is 11.3 Å². The average Bonchev–Trinajstić information content (AvgIpc) is 2.65. The molecule has 7 nitrogen and oxygen atoms in total. The Bertz CT molecular complexity index is 1300. The van der Waals surface area contributed by atoms with Gasteiger partial charge < -0.3 is 10.3 Å². The van der Waals surface area contributed by atoms with Gasteiger partial charge in [-0.05, 0) is 23.8 Å². The molecule has 1 aliphatic carbocycles. The summed E-state index contributed by atoms with van der Waals surface area (Å²) in [5.74, 6) is 0. The molecule has 29 heavy (non-hydrogen) atoms. The predicted octanol–water partition coefficient (Wildman–Crippen LogP) is 2.69. The summed E-state index contributed by atoms with van der Waals surface area (Å²) < 4.78 is 36.0. The molecular formula is C20H19N3O4S2. The van der Waals surface area contributed by atoms with Crippen LogP contribution in [-0.4, -0.2) is 36.6 Å². The Morgan fingerprint density at radius 2 is 1.72 bits per heavy atom. The number of fused-ring (bicyclic) bond motifs is 2. The maximum Gasteiger partial charge on any atom is 0.215 e. The smallest absolute Gasteiger partial charge is 0.215 e. The lowest BCUT2D eigenvalue weighted by Gasteiger charge is -2.10. The molecule has 0 radical (unpaired) electrons. The Hall–Kier alpha value is -2.85. The summed E-state index contributed by atoms with van der Waals surface area (Å²) in [6.45, 7) is 0. The van der Waals surface area contributed by atoms with Gasteiger partial charge in [0.05, 0.1) is 20.8 Å². The van der Waals surface area contributed by atoms with Crippen LogP contribution in [0, 0.1) is 0 Å². The van der Waals surface area contributed by atoms with Gasteiger partial charge in [0.2, 0.25) is 15.8 Å². The molecule has 0 aromatic heterocycles. The topological polar surface area (TPSA) is 119 Å². The molecule has 9 heteroatoms. The molecule has 0 unspecified atom stereocenters. The zero-order valence-electron chi connectivity index (χ0n) is 15.7. The highest BCUT2D eigenvalue weighted by atomic mass is 32.3. The first-order valence-corrected chi connectivity index (χ1v) is 10.7. The molecule has 0 fully saturated rings. The van der Waals surface area contributed by atoms with Crippen molar-refractivity contribution < 1.29 is 17.5 Å². The van der Waals surface area contributed by atoms with Gasteiger partial charge in [-0.3, -0.25) is 4.55 Å². The molecule has 4 rings (SSSR count). The fraction of sp³-hybridized carbons (Fsp3) is 0.100. The first kappa shape index (κ1) is 20.9. The number of rotatable bonds is 1. The van der Waals surface area contributed by atoms with E-state index in [-0.39, 0.29) is 0 Å². The molecule has 2 aromatic carbocycles. The summed E-state index contributed by atoms with van der Waals surface area (Å²) in [5.41, 5.74) is 11.3. The fourth-order valence-corrected chi connectivity index (χ4v) is 3.85. The minimum Gasteiger partial charge on any atom is -0.726 e. The summed E-state index contributed by atoms with van der Waals surface area (Å²) >= 11 is 1.73. The van der Waals surface area contributed by atoms with Crippen LogP contribution in [0.3, 0.4) is 0 Å². The Morgan fingerprint density at radius 3 is 2.34 bits per heavy atom. The van der Waals surface area contributed by atoms with E-state index in [9.17, 15) is 0 Å². The predicted molar refractivity (Wildman–Crippen MR) is 116 cm³/mol. The van der Waals surface area contributed by atoms with Gasteiger partial charge in [0.15, 0.2) is 0 Å². The van der Waals surface area contributed by atoms with Crippen LogP contribution in [0.25, 0.3) is 31.9 Å². The maximum atomic E-state index is 8.63. The van der Waals surface area contributed by atoms with Gasteiger partial charge in [-0.15, -0.1) is 11.3 Å². The molecule has 2 aromatic rings. The van der Waals surface area contributed by atoms with Crippen molar-refractivity contribution in [1.29, 1.82) is 0 Å². The number of nitrogens with zero attached hydrogens (tertiary/aromatic N) is 2. The van der Waals surface area contributed by atoms with Crippen LogP contribution in [0.15, 0.2) is 60.7 Å². The van der Waals surface area contributed by atoms with E-state index in [0.29, 0.717) is 0 Å². The van der Waals surface area contributed by atoms with Gasteiger partial charge in [0.1, 0.15) is 14.1 Å². The van der Waals surface area contributed by atoms with Crippen LogP contribution in [0.2, 0.25) is 0 Å². The molecule has 1 heterocycles. The molecule has 3 N–H and O–H groups in total. The standard InChI is InChI=1S/C20H17N3S.H2O4S/c1-23(2)14-8-9-17-19(10-14)24-20-12-16(21)15(11-18(20)22-17)13-6-4-3-5-7-13;1-5(2,3)4/h3-12,21H,1-2H3;(H2,1,2,3,4). The van der Waals surface area contributed by atoms with Gasteiger partial charge in [-0.25, -0.2) is 18.0 Å². The summed E-state index contributed by atoms with van der Waals surface area (Å²) in [7, 11) is -0.825. The molecule has 0 saturated carbocycles. The molecule has 0 spiro atoms. The summed E-state index contributed by atoms with van der Waals surface area (Å²) in [6.07, 6.45) is 0. The molecule has 0 amide bonds. The lowest BCUT2D eigenvalue weighted by Crippen LogP contribution is -2.21. The van der Waals surface area contributed by atoms with Crippen LogP contribution in [0.4, 0.5) is 5.69 Å². The quantitative estimate of drug-likeness (QED) is 0.158. The second-order valence-electron chi connectivity index (χ2n) is 6.46. The summed E-state index contributed by atoms with van der Waals surface area (Å²) in [4.78, 5) is 6.01. The highest BCUT2D eigenvalue weighted by Crippen LogP contribution is 2.35. The van der Waals surface area contributed by atoms with E-state index >= 15 is 0 Å². The third-order valence-electron chi connectivity index (χ3n) is 4.14. The average molecular weight is 430 g/mol. The Balaban J connectivity index is 0.000000431. The minimum absolute atomic E-state index is 0.787. The van der Waals surface area contributed by atoms with Crippen molar-refractivity contribution in [2.24, 2.45) is 0 Å². The Morgan fingerprint density at radius 1 is 1.07 bits per heavy atom. The van der Waals surface area contributed by atoms with Gasteiger partial charge in [0.25, 0.3) is 0 Å². The van der Waals surface area contributed by atoms with Crippen molar-refractivity contribution in [3.05, 3.63) is 66.0 Å². The second kappa shape index (κ2) is 8.26. The number of hydrogen-bond donors (Lipinski definition) is 2.